The number of rotatable bonds is 67. The molecule has 1 N–H and O–H groups in total. The Morgan fingerprint density at radius 2 is 0.568 bits per heavy atom. The molecule has 0 aliphatic rings. The summed E-state index contributed by atoms with van der Waals surface area (Å²) in [7, 11) is 5.96. The fourth-order valence-electron chi connectivity index (χ4n) is 9.69. The van der Waals surface area contributed by atoms with Crippen molar-refractivity contribution in [2.75, 3.05) is 47.5 Å². The van der Waals surface area contributed by atoms with Crippen LogP contribution in [0.1, 0.15) is 271 Å². The molecule has 0 aliphatic heterocycles. The molecule has 2 atom stereocenters. The van der Waals surface area contributed by atoms with E-state index in [1.54, 1.807) is 0 Å². The fraction of sp³-hybridized carbons (Fsp3) is 0.593. The molecule has 0 aromatic carbocycles. The first-order valence-electron chi connectivity index (χ1n) is 37.6. The van der Waals surface area contributed by atoms with E-state index in [1.807, 2.05) is 21.1 Å². The minimum Gasteiger partial charge on any atom is -0.477 e. The first-order valence-corrected chi connectivity index (χ1v) is 37.6. The number of carboxylic acid groups (broad SMARTS) is 1. The Balaban J connectivity index is 4.17. The third-order valence-electron chi connectivity index (χ3n) is 15.3. The molecular formula is C86H138NO8+. The van der Waals surface area contributed by atoms with Gasteiger partial charge in [-0.05, 0) is 141 Å². The highest BCUT2D eigenvalue weighted by Crippen LogP contribution is 2.16. The first-order chi connectivity index (χ1) is 46.6. The highest BCUT2D eigenvalue weighted by molar-refractivity contribution is 5.71. The van der Waals surface area contributed by atoms with Gasteiger partial charge in [0.2, 0.25) is 0 Å². The normalized spacial score (nSPS) is 13.8. The van der Waals surface area contributed by atoms with E-state index in [0.717, 1.165) is 141 Å². The van der Waals surface area contributed by atoms with Gasteiger partial charge in [-0.15, -0.1) is 0 Å². The number of carbonyl (C=O) groups is 3. The van der Waals surface area contributed by atoms with Crippen LogP contribution < -0.4 is 0 Å². The van der Waals surface area contributed by atoms with Crippen molar-refractivity contribution in [2.24, 2.45) is 0 Å². The number of quaternary nitrogens is 1. The second-order valence-electron chi connectivity index (χ2n) is 25.5. The van der Waals surface area contributed by atoms with Gasteiger partial charge in [0.05, 0.1) is 34.4 Å². The lowest BCUT2D eigenvalue weighted by molar-refractivity contribution is -0.870. The summed E-state index contributed by atoms with van der Waals surface area (Å²) in [5.74, 6) is -2.06. The highest BCUT2D eigenvalue weighted by Gasteiger charge is 2.25. The van der Waals surface area contributed by atoms with Gasteiger partial charge in [-0.1, -0.05) is 311 Å². The summed E-state index contributed by atoms with van der Waals surface area (Å²) in [4.78, 5) is 37.7. The van der Waals surface area contributed by atoms with E-state index in [2.05, 4.69) is 208 Å². The summed E-state index contributed by atoms with van der Waals surface area (Å²) in [5, 5.41) is 9.76. The third kappa shape index (κ3) is 75.4. The number of likely N-dealkylation sites (N-methyl/N-ethyl adjacent to an activating group) is 1. The number of carboxylic acids is 1. The van der Waals surface area contributed by atoms with Crippen molar-refractivity contribution >= 4 is 17.9 Å². The van der Waals surface area contributed by atoms with E-state index in [4.69, 9.17) is 18.9 Å². The number of allylic oxidation sites excluding steroid dienone is 32. The predicted octanol–water partition coefficient (Wildman–Crippen LogP) is 24.1. The number of aliphatic carboxylic acids is 1. The number of nitrogens with zero attached hydrogens (tertiary/aromatic N) is 1. The van der Waals surface area contributed by atoms with E-state index in [9.17, 15) is 19.5 Å². The van der Waals surface area contributed by atoms with Crippen molar-refractivity contribution in [1.29, 1.82) is 0 Å². The Bertz CT molecular complexity index is 2270. The van der Waals surface area contributed by atoms with Gasteiger partial charge in [-0.3, -0.25) is 9.59 Å². The zero-order valence-corrected chi connectivity index (χ0v) is 61.0. The van der Waals surface area contributed by atoms with Gasteiger partial charge in [-0.25, -0.2) is 4.79 Å². The molecule has 0 aliphatic carbocycles. The molecule has 0 radical (unpaired) electrons. The largest absolute Gasteiger partial charge is 0.477 e. The maximum atomic E-state index is 13.0. The Hall–Kier alpha value is -5.87. The summed E-state index contributed by atoms with van der Waals surface area (Å²) in [6, 6.07) is 0. The Morgan fingerprint density at radius 1 is 0.316 bits per heavy atom. The third-order valence-corrected chi connectivity index (χ3v) is 15.3. The van der Waals surface area contributed by atoms with Crippen LogP contribution in [0.5, 0.6) is 0 Å². The van der Waals surface area contributed by atoms with Crippen LogP contribution in [0.2, 0.25) is 0 Å². The zero-order chi connectivity index (χ0) is 69.0. The molecule has 0 bridgehead atoms. The lowest BCUT2D eigenvalue weighted by atomic mass is 10.0. The maximum Gasteiger partial charge on any atom is 0.361 e. The van der Waals surface area contributed by atoms with Crippen molar-refractivity contribution in [1.82, 2.24) is 0 Å². The maximum absolute atomic E-state index is 13.0. The molecule has 0 rings (SSSR count). The molecule has 0 fully saturated rings. The molecule has 0 amide bonds. The van der Waals surface area contributed by atoms with Crippen LogP contribution in [0.3, 0.4) is 0 Å². The molecule has 9 nitrogen and oxygen atoms in total. The van der Waals surface area contributed by atoms with Gasteiger partial charge in [0, 0.05) is 12.8 Å². The van der Waals surface area contributed by atoms with Crippen molar-refractivity contribution in [3.05, 3.63) is 194 Å². The van der Waals surface area contributed by atoms with Gasteiger partial charge >= 0.3 is 17.9 Å². The molecule has 0 aromatic rings. The minimum atomic E-state index is -1.53. The van der Waals surface area contributed by atoms with Crippen LogP contribution in [-0.2, 0) is 33.3 Å². The SMILES string of the molecule is CC/C=C\C/C=C\C/C=C\C/C=C\C/C=C\C/C=C\C/C=C\C/C=C\C/C=C\CCCCCC(=O)OC(COC(=O)CCCCCCCCCCCCCCCCCCC/C=C\C/C=C\C/C=C\C/C=C\C/C=C\C/C=C\C/C=C\CC)COC(OCC[N+](C)(C)C)C(=O)O. The molecule has 0 spiro atoms. The van der Waals surface area contributed by atoms with E-state index in [1.165, 1.54) is 96.3 Å². The summed E-state index contributed by atoms with van der Waals surface area (Å²) in [5.41, 5.74) is 0. The number of unbranched alkanes of at least 4 members (excludes halogenated alkanes) is 20. The van der Waals surface area contributed by atoms with Gasteiger partial charge in [0.25, 0.3) is 6.29 Å². The number of hydrogen-bond acceptors (Lipinski definition) is 7. The zero-order valence-electron chi connectivity index (χ0n) is 61.0. The van der Waals surface area contributed by atoms with Crippen LogP contribution in [0, 0.1) is 0 Å². The summed E-state index contributed by atoms with van der Waals surface area (Å²) < 4.78 is 23.0. The number of esters is 2. The Morgan fingerprint density at radius 3 is 0.853 bits per heavy atom. The topological polar surface area (TPSA) is 108 Å². The molecule has 0 saturated carbocycles. The highest BCUT2D eigenvalue weighted by atomic mass is 16.7. The quantitative estimate of drug-likeness (QED) is 0.0211. The van der Waals surface area contributed by atoms with Crippen LogP contribution in [0.4, 0.5) is 0 Å². The van der Waals surface area contributed by atoms with Crippen LogP contribution in [0.15, 0.2) is 194 Å². The molecule has 9 heteroatoms. The van der Waals surface area contributed by atoms with Crippen LogP contribution in [0.25, 0.3) is 0 Å². The smallest absolute Gasteiger partial charge is 0.361 e. The number of ether oxygens (including phenoxy) is 4. The number of hydrogen-bond donors (Lipinski definition) is 1. The lowest BCUT2D eigenvalue weighted by Crippen LogP contribution is -2.40. The molecule has 534 valence electrons. The van der Waals surface area contributed by atoms with Crippen LogP contribution >= 0.6 is 0 Å². The molecule has 2 unspecified atom stereocenters. The molecular weight excluding hydrogens is 1170 g/mol. The molecule has 0 aromatic heterocycles. The minimum absolute atomic E-state index is 0.172. The van der Waals surface area contributed by atoms with E-state index >= 15 is 0 Å². The van der Waals surface area contributed by atoms with Crippen molar-refractivity contribution in [3.8, 4) is 0 Å². The lowest BCUT2D eigenvalue weighted by Gasteiger charge is -2.25. The summed E-state index contributed by atoms with van der Waals surface area (Å²) in [6.07, 6.45) is 111. The average Bonchev–Trinajstić information content (AvgIpc) is 3.24. The van der Waals surface area contributed by atoms with Gasteiger partial charge in [0.15, 0.2) is 6.10 Å². The second kappa shape index (κ2) is 73.9. The molecule has 0 saturated heterocycles. The van der Waals surface area contributed by atoms with Crippen LogP contribution in [-0.4, -0.2) is 87.4 Å². The Kier molecular flexibility index (Phi) is 69.4. The van der Waals surface area contributed by atoms with E-state index in [-0.39, 0.29) is 38.6 Å². The van der Waals surface area contributed by atoms with Crippen molar-refractivity contribution in [3.63, 3.8) is 0 Å². The second-order valence-corrected chi connectivity index (χ2v) is 25.5. The van der Waals surface area contributed by atoms with Gasteiger partial charge < -0.3 is 28.5 Å². The standard InChI is InChI=1S/C86H137NO8/c1-6-8-10-12-14-16-18-20-22-24-26-28-30-32-34-36-38-39-40-41-42-43-44-45-47-48-50-52-54-56-58-60-62-64-66-68-70-72-74-76-83(88)93-80-82(81-94-86(85(90)91)92-79-78-87(3,4)5)95-84(89)77-75-73-71-69-67-65-63-61-59-57-55-53-51-49-46-37-35-33-31-29-27-25-23-21-19-17-15-13-11-9-7-2/h8-11,14-17,20-23,26-29,32-35,38-39,41-42,46,49,53,55,59,61,65,67,82,86H,6-7,12-13,18-19,24-25,30-31,36-37,40,43-45,47-48,50-52,54,56-58,60,62-64,66,68-81H2,1-5H3/p+1/b10-8-,11-9-,16-14-,17-15-,22-20-,23-21-,28-26-,29-27-,34-32-,35-33-,39-38-,42-41-,49-46-,55-53-,61-59-,67-65-. The first kappa shape index (κ1) is 89.1. The van der Waals surface area contributed by atoms with Gasteiger partial charge in [-0.2, -0.15) is 0 Å². The summed E-state index contributed by atoms with van der Waals surface area (Å²) in [6.45, 7) is 4.60. The van der Waals surface area contributed by atoms with E-state index in [0.29, 0.717) is 17.4 Å². The summed E-state index contributed by atoms with van der Waals surface area (Å²) >= 11 is 0. The number of carbonyl (C=O) groups excluding carboxylic acids is 2. The van der Waals surface area contributed by atoms with Gasteiger partial charge in [0.1, 0.15) is 13.2 Å². The molecule has 0 heterocycles. The van der Waals surface area contributed by atoms with Crippen molar-refractivity contribution in [2.45, 2.75) is 283 Å². The monoisotopic (exact) mass is 1310 g/mol. The van der Waals surface area contributed by atoms with E-state index < -0.39 is 24.3 Å². The average molecular weight is 1310 g/mol. The van der Waals surface area contributed by atoms with Crippen molar-refractivity contribution < 1.29 is 42.9 Å². The fourth-order valence-corrected chi connectivity index (χ4v) is 9.69. The predicted molar refractivity (Wildman–Crippen MR) is 409 cm³/mol. The molecule has 95 heavy (non-hydrogen) atoms. The Labute approximate surface area is 582 Å².